The minimum absolute atomic E-state index is 0.0540. The third kappa shape index (κ3) is 6.44. The molecule has 0 radical (unpaired) electrons. The van der Waals surface area contributed by atoms with Gasteiger partial charge in [0, 0.05) is 31.9 Å². The van der Waals surface area contributed by atoms with Crippen LogP contribution in [0.25, 0.3) is 11.3 Å². The highest BCUT2D eigenvalue weighted by Gasteiger charge is 2.19. The van der Waals surface area contributed by atoms with Gasteiger partial charge in [0.15, 0.2) is 0 Å². The first-order chi connectivity index (χ1) is 12.7. The monoisotopic (exact) mass is 372 g/mol. The molecule has 0 aliphatic rings. The highest BCUT2D eigenvalue weighted by molar-refractivity contribution is 5.99. The maximum absolute atomic E-state index is 12.6. The zero-order valence-electron chi connectivity index (χ0n) is 16.6. The van der Waals surface area contributed by atoms with Crippen molar-refractivity contribution >= 4 is 12.0 Å². The van der Waals surface area contributed by atoms with E-state index in [1.165, 1.54) is 0 Å². The molecule has 0 aliphatic carbocycles. The second-order valence-electron chi connectivity index (χ2n) is 7.63. The summed E-state index contributed by atoms with van der Waals surface area (Å²) in [4.78, 5) is 24.3. The number of carbonyl (C=O) groups excluding carboxylic acids is 2. The van der Waals surface area contributed by atoms with Crippen LogP contribution in [0.5, 0.6) is 0 Å². The number of amides is 2. The summed E-state index contributed by atoms with van der Waals surface area (Å²) in [6.07, 6.45) is 1.25. The average molecular weight is 372 g/mol. The van der Waals surface area contributed by atoms with Gasteiger partial charge in [0.1, 0.15) is 11.3 Å². The molecule has 1 heterocycles. The number of aromatic nitrogens is 2. The number of aryl methyl sites for hydroxylation is 1. The highest BCUT2D eigenvalue weighted by atomic mass is 16.6. The SMILES string of the molecule is C[C@H](CNC(=O)OC(C)(C)C)CNC(=O)c1cn(C)nc1-c1ccccc1. The quantitative estimate of drug-likeness (QED) is 0.816. The van der Waals surface area contributed by atoms with Gasteiger partial charge in [-0.3, -0.25) is 9.48 Å². The summed E-state index contributed by atoms with van der Waals surface area (Å²) in [7, 11) is 1.79. The first-order valence-corrected chi connectivity index (χ1v) is 9.00. The number of benzene rings is 1. The van der Waals surface area contributed by atoms with Crippen molar-refractivity contribution in [3.8, 4) is 11.3 Å². The van der Waals surface area contributed by atoms with Gasteiger partial charge in [0.05, 0.1) is 5.56 Å². The number of hydrogen-bond donors (Lipinski definition) is 2. The lowest BCUT2D eigenvalue weighted by atomic mass is 10.1. The molecule has 0 saturated heterocycles. The molecule has 7 nitrogen and oxygen atoms in total. The normalized spacial score (nSPS) is 12.3. The molecular weight excluding hydrogens is 344 g/mol. The third-order valence-electron chi connectivity index (χ3n) is 3.73. The second-order valence-corrected chi connectivity index (χ2v) is 7.63. The summed E-state index contributed by atoms with van der Waals surface area (Å²) in [5.74, 6) is -0.135. The lowest BCUT2D eigenvalue weighted by molar-refractivity contribution is 0.0520. The first-order valence-electron chi connectivity index (χ1n) is 9.00. The molecule has 146 valence electrons. The van der Waals surface area contributed by atoms with Crippen LogP contribution < -0.4 is 10.6 Å². The van der Waals surface area contributed by atoms with Gasteiger partial charge in [0.25, 0.3) is 5.91 Å². The Morgan fingerprint density at radius 2 is 1.78 bits per heavy atom. The molecule has 0 bridgehead atoms. The van der Waals surface area contributed by atoms with Crippen molar-refractivity contribution in [2.75, 3.05) is 13.1 Å². The van der Waals surface area contributed by atoms with Gasteiger partial charge in [0.2, 0.25) is 0 Å². The van der Waals surface area contributed by atoms with Gasteiger partial charge in [-0.25, -0.2) is 4.79 Å². The lowest BCUT2D eigenvalue weighted by Gasteiger charge is -2.21. The molecule has 2 N–H and O–H groups in total. The van der Waals surface area contributed by atoms with Crippen LogP contribution >= 0.6 is 0 Å². The van der Waals surface area contributed by atoms with Gasteiger partial charge in [-0.15, -0.1) is 0 Å². The van der Waals surface area contributed by atoms with Gasteiger partial charge >= 0.3 is 6.09 Å². The van der Waals surface area contributed by atoms with Crippen molar-refractivity contribution in [2.24, 2.45) is 13.0 Å². The molecule has 0 aliphatic heterocycles. The van der Waals surface area contributed by atoms with Gasteiger partial charge in [-0.1, -0.05) is 37.3 Å². The van der Waals surface area contributed by atoms with Gasteiger partial charge < -0.3 is 15.4 Å². The zero-order chi connectivity index (χ0) is 20.0. The van der Waals surface area contributed by atoms with Gasteiger partial charge in [-0.2, -0.15) is 5.10 Å². The fourth-order valence-electron chi connectivity index (χ4n) is 2.47. The Morgan fingerprint density at radius 3 is 2.41 bits per heavy atom. The largest absolute Gasteiger partial charge is 0.444 e. The van der Waals surface area contributed by atoms with E-state index >= 15 is 0 Å². The van der Waals surface area contributed by atoms with E-state index in [-0.39, 0.29) is 11.8 Å². The number of ether oxygens (including phenoxy) is 1. The topological polar surface area (TPSA) is 85.3 Å². The van der Waals surface area contributed by atoms with E-state index in [4.69, 9.17) is 4.74 Å². The van der Waals surface area contributed by atoms with E-state index in [1.807, 2.05) is 58.0 Å². The Kier molecular flexibility index (Phi) is 6.60. The molecule has 2 rings (SSSR count). The van der Waals surface area contributed by atoms with E-state index in [2.05, 4.69) is 15.7 Å². The van der Waals surface area contributed by atoms with Crippen LogP contribution in [0.3, 0.4) is 0 Å². The molecule has 7 heteroatoms. The number of nitrogens with zero attached hydrogens (tertiary/aromatic N) is 2. The molecular formula is C20H28N4O3. The van der Waals surface area contributed by atoms with Gasteiger partial charge in [-0.05, 0) is 26.7 Å². The first kappa shape index (κ1) is 20.5. The Bertz CT molecular complexity index is 778. The fraction of sp³-hybridized carbons (Fsp3) is 0.450. The summed E-state index contributed by atoms with van der Waals surface area (Å²) in [5.41, 5.74) is 1.53. The van der Waals surface area contributed by atoms with Crippen molar-refractivity contribution in [1.29, 1.82) is 0 Å². The van der Waals surface area contributed by atoms with Crippen molar-refractivity contribution in [2.45, 2.75) is 33.3 Å². The average Bonchev–Trinajstić information content (AvgIpc) is 2.99. The predicted molar refractivity (Wildman–Crippen MR) is 104 cm³/mol. The lowest BCUT2D eigenvalue weighted by Crippen LogP contribution is -2.38. The Morgan fingerprint density at radius 1 is 1.15 bits per heavy atom. The summed E-state index contributed by atoms with van der Waals surface area (Å²) in [6, 6.07) is 9.59. The number of rotatable bonds is 6. The molecule has 27 heavy (non-hydrogen) atoms. The second kappa shape index (κ2) is 8.70. The van der Waals surface area contributed by atoms with Crippen LogP contribution in [0.4, 0.5) is 4.79 Å². The van der Waals surface area contributed by atoms with E-state index in [1.54, 1.807) is 17.9 Å². The molecule has 1 aromatic heterocycles. The van der Waals surface area contributed by atoms with Crippen LogP contribution in [0, 0.1) is 5.92 Å². The number of hydrogen-bond acceptors (Lipinski definition) is 4. The zero-order valence-corrected chi connectivity index (χ0v) is 16.6. The van der Waals surface area contributed by atoms with Crippen molar-refractivity contribution in [1.82, 2.24) is 20.4 Å². The van der Waals surface area contributed by atoms with Crippen LogP contribution in [0.1, 0.15) is 38.1 Å². The van der Waals surface area contributed by atoms with Crippen LogP contribution in [-0.4, -0.2) is 40.5 Å². The number of alkyl carbamates (subject to hydrolysis) is 1. The minimum atomic E-state index is -0.532. The summed E-state index contributed by atoms with van der Waals surface area (Å²) < 4.78 is 6.83. The summed E-state index contributed by atoms with van der Waals surface area (Å²) in [5, 5.41) is 10.0. The Labute approximate surface area is 160 Å². The molecule has 0 unspecified atom stereocenters. The number of carbonyl (C=O) groups is 2. The minimum Gasteiger partial charge on any atom is -0.444 e. The molecule has 0 fully saturated rings. The van der Waals surface area contributed by atoms with Crippen LogP contribution in [0.2, 0.25) is 0 Å². The van der Waals surface area contributed by atoms with E-state index in [9.17, 15) is 9.59 Å². The summed E-state index contributed by atoms with van der Waals surface area (Å²) in [6.45, 7) is 8.22. The van der Waals surface area contributed by atoms with E-state index in [0.29, 0.717) is 24.3 Å². The van der Waals surface area contributed by atoms with Crippen molar-refractivity contribution in [3.63, 3.8) is 0 Å². The van der Waals surface area contributed by atoms with Crippen molar-refractivity contribution in [3.05, 3.63) is 42.1 Å². The van der Waals surface area contributed by atoms with Crippen LogP contribution in [0.15, 0.2) is 36.5 Å². The molecule has 2 amide bonds. The van der Waals surface area contributed by atoms with Crippen LogP contribution in [-0.2, 0) is 11.8 Å². The highest BCUT2D eigenvalue weighted by Crippen LogP contribution is 2.21. The number of nitrogens with one attached hydrogen (secondary N) is 2. The molecule has 0 saturated carbocycles. The maximum atomic E-state index is 12.6. The standard InChI is InChI=1S/C20H28N4O3/c1-14(12-22-19(26)27-20(2,3)4)11-21-18(25)16-13-24(5)23-17(16)15-9-7-6-8-10-15/h6-10,13-14H,11-12H2,1-5H3,(H,21,25)(H,22,26)/t14-/m0/s1. The molecule has 0 spiro atoms. The smallest absolute Gasteiger partial charge is 0.407 e. The molecule has 1 aromatic carbocycles. The summed E-state index contributed by atoms with van der Waals surface area (Å²) >= 11 is 0. The van der Waals surface area contributed by atoms with E-state index in [0.717, 1.165) is 5.56 Å². The molecule has 1 atom stereocenters. The Balaban J connectivity index is 1.90. The maximum Gasteiger partial charge on any atom is 0.407 e. The predicted octanol–water partition coefficient (Wildman–Crippen LogP) is 2.98. The Hall–Kier alpha value is -2.83. The third-order valence-corrected chi connectivity index (χ3v) is 3.73. The van der Waals surface area contributed by atoms with Crippen molar-refractivity contribution < 1.29 is 14.3 Å². The molecule has 2 aromatic rings. The fourth-order valence-corrected chi connectivity index (χ4v) is 2.47. The van der Waals surface area contributed by atoms with E-state index < -0.39 is 11.7 Å².